The van der Waals surface area contributed by atoms with Crippen molar-refractivity contribution in [2.75, 3.05) is 5.32 Å². The van der Waals surface area contributed by atoms with E-state index in [0.717, 1.165) is 52.9 Å². The van der Waals surface area contributed by atoms with E-state index >= 15 is 0 Å². The van der Waals surface area contributed by atoms with Gasteiger partial charge in [-0.05, 0) is 48.3 Å². The van der Waals surface area contributed by atoms with Crippen LogP contribution in [0.1, 0.15) is 47.6 Å². The number of aryl methyl sites for hydroxylation is 1. The average Bonchev–Trinajstić information content (AvgIpc) is 3.63. The summed E-state index contributed by atoms with van der Waals surface area (Å²) in [6.45, 7) is 0. The number of carbonyl (C=O) groups excluding carboxylic acids is 1. The predicted molar refractivity (Wildman–Crippen MR) is 150 cm³/mol. The van der Waals surface area contributed by atoms with Crippen molar-refractivity contribution in [1.29, 1.82) is 0 Å². The van der Waals surface area contributed by atoms with E-state index < -0.39 is 0 Å². The number of aromatic nitrogens is 4. The van der Waals surface area contributed by atoms with Crippen LogP contribution in [-0.4, -0.2) is 25.7 Å². The summed E-state index contributed by atoms with van der Waals surface area (Å²) in [4.78, 5) is 35.0. The summed E-state index contributed by atoms with van der Waals surface area (Å²) in [7, 11) is 0. The lowest BCUT2D eigenvalue weighted by molar-refractivity contribution is -0.116. The van der Waals surface area contributed by atoms with Gasteiger partial charge in [0.25, 0.3) is 5.56 Å². The van der Waals surface area contributed by atoms with Crippen LogP contribution in [0.3, 0.4) is 0 Å². The molecule has 0 fully saturated rings. The molecule has 2 N–H and O–H groups in total. The molecule has 0 radical (unpaired) electrons. The molecule has 0 atom stereocenters. The number of anilines is 1. The number of benzene rings is 2. The van der Waals surface area contributed by atoms with Gasteiger partial charge in [0.15, 0.2) is 0 Å². The Labute approximate surface area is 224 Å². The lowest BCUT2D eigenvalue weighted by atomic mass is 9.88. The van der Waals surface area contributed by atoms with E-state index in [2.05, 4.69) is 10.3 Å². The maximum absolute atomic E-state index is 13.5. The summed E-state index contributed by atoms with van der Waals surface area (Å²) < 4.78 is 1.54. The Hall–Kier alpha value is -4.30. The van der Waals surface area contributed by atoms with Gasteiger partial charge in [-0.3, -0.25) is 14.6 Å². The molecule has 0 saturated heterocycles. The number of nitrogens with one attached hydrogen (secondary N) is 2. The highest BCUT2D eigenvalue weighted by molar-refractivity contribution is 7.13. The molecule has 0 aliphatic heterocycles. The van der Waals surface area contributed by atoms with Crippen LogP contribution >= 0.6 is 11.3 Å². The molecule has 38 heavy (non-hydrogen) atoms. The minimum absolute atomic E-state index is 0.104. The normalized spacial score (nSPS) is 12.9. The quantitative estimate of drug-likeness (QED) is 0.286. The maximum Gasteiger partial charge on any atom is 0.255 e. The summed E-state index contributed by atoms with van der Waals surface area (Å²) in [5.74, 6) is 0.530. The van der Waals surface area contributed by atoms with Crippen LogP contribution in [0.25, 0.3) is 16.5 Å². The fraction of sp³-hybridized carbons (Fsp3) is 0.200. The van der Waals surface area contributed by atoms with Gasteiger partial charge in [0, 0.05) is 24.0 Å². The molecule has 6 rings (SSSR count). The Morgan fingerprint density at radius 3 is 2.37 bits per heavy atom. The second-order valence-corrected chi connectivity index (χ2v) is 10.4. The second kappa shape index (κ2) is 10.6. The molecule has 0 unspecified atom stereocenters. The van der Waals surface area contributed by atoms with Crippen LogP contribution in [0.15, 0.2) is 89.0 Å². The number of hydrogen-bond acceptors (Lipinski definition) is 5. The van der Waals surface area contributed by atoms with Crippen molar-refractivity contribution >= 4 is 23.1 Å². The fourth-order valence-corrected chi connectivity index (χ4v) is 5.73. The third-order valence-electron chi connectivity index (χ3n) is 6.92. The van der Waals surface area contributed by atoms with E-state index in [9.17, 15) is 9.59 Å². The number of nitrogens with zero attached hydrogens (tertiary/aromatic N) is 3. The topological polar surface area (TPSA) is 92.7 Å². The molecule has 0 bridgehead atoms. The number of rotatable bonds is 7. The molecule has 1 aliphatic carbocycles. The standard InChI is InChI=1S/C30H27N5O2S/c36-28(18-23(20-10-3-1-4-11-20)21-12-5-2-6-13-21)32-27-19-25(26-16-9-17-38-26)34-35(27)30-31-24-15-8-7-14-22(24)29(37)33-30/h1-6,9-13,16-17,19,23H,7-8,14-15,18H2,(H,32,36)(H,31,33,37). The Kier molecular flexibility index (Phi) is 6.71. The molecule has 0 spiro atoms. The minimum atomic E-state index is -0.151. The van der Waals surface area contributed by atoms with Crippen molar-refractivity contribution in [2.24, 2.45) is 0 Å². The van der Waals surface area contributed by atoms with Gasteiger partial charge in [-0.25, -0.2) is 4.98 Å². The van der Waals surface area contributed by atoms with Gasteiger partial charge in [0.2, 0.25) is 11.9 Å². The van der Waals surface area contributed by atoms with Crippen molar-refractivity contribution in [3.05, 3.63) is 117 Å². The molecule has 1 aliphatic rings. The summed E-state index contributed by atoms with van der Waals surface area (Å²) in [6, 6.07) is 25.9. The largest absolute Gasteiger partial charge is 0.310 e. The van der Waals surface area contributed by atoms with E-state index in [1.165, 1.54) is 0 Å². The van der Waals surface area contributed by atoms with Crippen LogP contribution < -0.4 is 10.9 Å². The number of fused-ring (bicyclic) bond motifs is 1. The molecule has 3 heterocycles. The van der Waals surface area contributed by atoms with Crippen molar-refractivity contribution in [3.63, 3.8) is 0 Å². The molecule has 190 valence electrons. The summed E-state index contributed by atoms with van der Waals surface area (Å²) >= 11 is 1.56. The summed E-state index contributed by atoms with van der Waals surface area (Å²) in [5, 5.41) is 9.79. The summed E-state index contributed by atoms with van der Waals surface area (Å²) in [6.07, 6.45) is 3.76. The highest BCUT2D eigenvalue weighted by Crippen LogP contribution is 2.30. The van der Waals surface area contributed by atoms with E-state index in [0.29, 0.717) is 17.5 Å². The number of carbonyl (C=O) groups is 1. The number of thiophene rings is 1. The molecule has 3 aromatic heterocycles. The van der Waals surface area contributed by atoms with Gasteiger partial charge >= 0.3 is 0 Å². The first-order valence-corrected chi connectivity index (χ1v) is 13.7. The number of hydrogen-bond donors (Lipinski definition) is 2. The first kappa shape index (κ1) is 24.1. The average molecular weight is 522 g/mol. The van der Waals surface area contributed by atoms with Crippen LogP contribution in [0.2, 0.25) is 0 Å². The Bertz CT molecular complexity index is 1570. The fourth-order valence-electron chi connectivity index (χ4n) is 5.04. The van der Waals surface area contributed by atoms with Gasteiger partial charge in [0.1, 0.15) is 11.5 Å². The second-order valence-electron chi connectivity index (χ2n) is 9.45. The maximum atomic E-state index is 13.5. The van der Waals surface area contributed by atoms with Crippen LogP contribution in [-0.2, 0) is 17.6 Å². The van der Waals surface area contributed by atoms with Crippen molar-refractivity contribution in [3.8, 4) is 16.5 Å². The molecule has 2 aromatic carbocycles. The van der Waals surface area contributed by atoms with Crippen molar-refractivity contribution < 1.29 is 4.79 Å². The van der Waals surface area contributed by atoms with E-state index in [1.807, 2.05) is 84.2 Å². The Morgan fingerprint density at radius 1 is 0.974 bits per heavy atom. The van der Waals surface area contributed by atoms with Crippen molar-refractivity contribution in [2.45, 2.75) is 38.0 Å². The monoisotopic (exact) mass is 521 g/mol. The lowest BCUT2D eigenvalue weighted by Gasteiger charge is -2.18. The van der Waals surface area contributed by atoms with Gasteiger partial charge < -0.3 is 5.32 Å². The predicted octanol–water partition coefficient (Wildman–Crippen LogP) is 5.72. The number of aromatic amines is 1. The van der Waals surface area contributed by atoms with Gasteiger partial charge in [-0.2, -0.15) is 9.78 Å². The van der Waals surface area contributed by atoms with Gasteiger partial charge in [0.05, 0.1) is 10.6 Å². The third-order valence-corrected chi connectivity index (χ3v) is 7.82. The molecule has 1 amide bonds. The summed E-state index contributed by atoms with van der Waals surface area (Å²) in [5.41, 5.74) is 4.28. The van der Waals surface area contributed by atoms with Gasteiger partial charge in [-0.15, -0.1) is 11.3 Å². The molecule has 5 aromatic rings. The van der Waals surface area contributed by atoms with Crippen LogP contribution in [0, 0.1) is 0 Å². The van der Waals surface area contributed by atoms with Gasteiger partial charge in [-0.1, -0.05) is 66.7 Å². The van der Waals surface area contributed by atoms with Crippen LogP contribution in [0.5, 0.6) is 0 Å². The molecule has 0 saturated carbocycles. The first-order chi connectivity index (χ1) is 18.7. The molecule has 8 heteroatoms. The molecular formula is C30H27N5O2S. The zero-order valence-electron chi connectivity index (χ0n) is 20.8. The third kappa shape index (κ3) is 4.95. The Morgan fingerprint density at radius 2 is 1.68 bits per heavy atom. The zero-order valence-corrected chi connectivity index (χ0v) is 21.6. The highest BCUT2D eigenvalue weighted by Gasteiger charge is 2.22. The smallest absolute Gasteiger partial charge is 0.255 e. The number of amides is 1. The minimum Gasteiger partial charge on any atom is -0.310 e. The van der Waals surface area contributed by atoms with Crippen LogP contribution in [0.4, 0.5) is 5.82 Å². The Balaban J connectivity index is 1.35. The highest BCUT2D eigenvalue weighted by atomic mass is 32.1. The molecular weight excluding hydrogens is 494 g/mol. The number of H-pyrrole nitrogens is 1. The molecule has 7 nitrogen and oxygen atoms in total. The van der Waals surface area contributed by atoms with E-state index in [1.54, 1.807) is 16.0 Å². The van der Waals surface area contributed by atoms with Crippen molar-refractivity contribution in [1.82, 2.24) is 19.7 Å². The zero-order chi connectivity index (χ0) is 25.9. The SMILES string of the molecule is O=C(CC(c1ccccc1)c1ccccc1)Nc1cc(-c2cccs2)nn1-c1nc2c(c(=O)[nH]1)CCCC2. The van der Waals surface area contributed by atoms with E-state index in [4.69, 9.17) is 10.1 Å². The van der Waals surface area contributed by atoms with E-state index in [-0.39, 0.29) is 23.8 Å². The first-order valence-electron chi connectivity index (χ1n) is 12.8. The lowest BCUT2D eigenvalue weighted by Crippen LogP contribution is -2.25.